The zero-order valence-corrected chi connectivity index (χ0v) is 13.2. The number of carbonyl (C=O) groups is 1. The third-order valence-electron chi connectivity index (χ3n) is 3.42. The summed E-state index contributed by atoms with van der Waals surface area (Å²) in [5.74, 6) is -0.00442. The molecule has 0 aliphatic rings. The van der Waals surface area contributed by atoms with Crippen LogP contribution in [-0.2, 0) is 4.79 Å². The minimum absolute atomic E-state index is 0.00442. The molecule has 20 heavy (non-hydrogen) atoms. The van der Waals surface area contributed by atoms with Gasteiger partial charge in [-0.1, -0.05) is 26.1 Å². The van der Waals surface area contributed by atoms with Crippen LogP contribution in [0.2, 0.25) is 0 Å². The topological polar surface area (TPSA) is 58.4 Å². The van der Waals surface area contributed by atoms with Gasteiger partial charge < -0.3 is 11.1 Å². The number of nitrogens with two attached hydrogens (primary N) is 1. The average molecular weight is 293 g/mol. The summed E-state index contributed by atoms with van der Waals surface area (Å²) in [6.07, 6.45) is 1.03. The minimum atomic E-state index is -0.00442. The molecule has 0 fully saturated rings. The van der Waals surface area contributed by atoms with E-state index in [1.165, 1.54) is 0 Å². The third kappa shape index (κ3) is 4.90. The molecule has 0 aliphatic carbocycles. The summed E-state index contributed by atoms with van der Waals surface area (Å²) in [6.45, 7) is 7.59. The number of likely N-dealkylation sites (N-methyl/N-ethyl adjacent to an activating group) is 1. The molecule has 4 nitrogen and oxygen atoms in total. The van der Waals surface area contributed by atoms with Gasteiger partial charge in [0, 0.05) is 17.3 Å². The number of carbonyl (C=O) groups excluding carboxylic acids is 1. The van der Waals surface area contributed by atoms with Crippen LogP contribution in [0.3, 0.4) is 0 Å². The van der Waals surface area contributed by atoms with E-state index in [0.29, 0.717) is 17.6 Å². The Morgan fingerprint density at radius 2 is 1.95 bits per heavy atom. The molecule has 0 bridgehead atoms. The average Bonchev–Trinajstić information content (AvgIpc) is 2.44. The first-order chi connectivity index (χ1) is 9.47. The van der Waals surface area contributed by atoms with Crippen molar-refractivity contribution in [3.8, 4) is 0 Å². The highest BCUT2D eigenvalue weighted by Crippen LogP contribution is 2.10. The van der Waals surface area contributed by atoms with Crippen molar-refractivity contribution in [2.24, 2.45) is 5.73 Å². The first-order valence-electron chi connectivity index (χ1n) is 6.91. The maximum Gasteiger partial charge on any atom is 0.238 e. The van der Waals surface area contributed by atoms with E-state index in [1.807, 2.05) is 24.3 Å². The van der Waals surface area contributed by atoms with Gasteiger partial charge in [0.1, 0.15) is 4.99 Å². The van der Waals surface area contributed by atoms with Crippen molar-refractivity contribution in [3.63, 3.8) is 0 Å². The second kappa shape index (κ2) is 7.97. The summed E-state index contributed by atoms with van der Waals surface area (Å²) in [4.78, 5) is 14.5. The van der Waals surface area contributed by atoms with Crippen LogP contribution in [0.25, 0.3) is 0 Å². The van der Waals surface area contributed by atoms with Gasteiger partial charge in [0.25, 0.3) is 0 Å². The van der Waals surface area contributed by atoms with Crippen molar-refractivity contribution in [1.29, 1.82) is 0 Å². The first-order valence-corrected chi connectivity index (χ1v) is 7.32. The minimum Gasteiger partial charge on any atom is -0.389 e. The fourth-order valence-corrected chi connectivity index (χ4v) is 2.08. The van der Waals surface area contributed by atoms with Gasteiger partial charge in [-0.25, -0.2) is 0 Å². The lowest BCUT2D eigenvalue weighted by molar-refractivity contribution is -0.117. The Hall–Kier alpha value is -1.46. The van der Waals surface area contributed by atoms with E-state index < -0.39 is 0 Å². The van der Waals surface area contributed by atoms with Gasteiger partial charge in [0.05, 0.1) is 6.54 Å². The molecule has 1 atom stereocenters. The van der Waals surface area contributed by atoms with Crippen molar-refractivity contribution in [2.45, 2.75) is 33.2 Å². The Kier molecular flexibility index (Phi) is 6.61. The summed E-state index contributed by atoms with van der Waals surface area (Å²) in [6, 6.07) is 7.65. The standard InChI is InChI=1S/C15H23N3OS/c1-4-11(3)18(5-2)10-14(19)17-13-8-6-12(7-9-13)15(16)20/h6-9,11H,4-5,10H2,1-3H3,(H2,16,20)(H,17,19). The fourth-order valence-electron chi connectivity index (χ4n) is 1.94. The normalized spacial score (nSPS) is 12.2. The largest absolute Gasteiger partial charge is 0.389 e. The van der Waals surface area contributed by atoms with Gasteiger partial charge in [-0.2, -0.15) is 0 Å². The number of nitrogens with one attached hydrogen (secondary N) is 1. The van der Waals surface area contributed by atoms with E-state index in [2.05, 4.69) is 31.0 Å². The van der Waals surface area contributed by atoms with Gasteiger partial charge in [-0.15, -0.1) is 0 Å². The highest BCUT2D eigenvalue weighted by molar-refractivity contribution is 7.80. The Balaban J connectivity index is 2.59. The number of thiocarbonyl (C=S) groups is 1. The van der Waals surface area contributed by atoms with Gasteiger partial charge >= 0.3 is 0 Å². The second-order valence-corrected chi connectivity index (χ2v) is 5.25. The van der Waals surface area contributed by atoms with Crippen molar-refractivity contribution in [1.82, 2.24) is 4.90 Å². The monoisotopic (exact) mass is 293 g/mol. The highest BCUT2D eigenvalue weighted by Gasteiger charge is 2.14. The molecule has 0 saturated carbocycles. The number of nitrogens with zero attached hydrogens (tertiary/aromatic N) is 1. The van der Waals surface area contributed by atoms with Crippen LogP contribution in [0, 0.1) is 0 Å². The molecule has 0 spiro atoms. The molecule has 1 aromatic carbocycles. The molecule has 0 aliphatic heterocycles. The van der Waals surface area contributed by atoms with Crippen LogP contribution in [0.15, 0.2) is 24.3 Å². The first kappa shape index (κ1) is 16.6. The summed E-state index contributed by atoms with van der Waals surface area (Å²) in [5.41, 5.74) is 7.09. The lowest BCUT2D eigenvalue weighted by Gasteiger charge is -2.26. The Bertz CT molecular complexity index is 459. The van der Waals surface area contributed by atoms with Crippen molar-refractivity contribution in [2.75, 3.05) is 18.4 Å². The van der Waals surface area contributed by atoms with Gasteiger partial charge in [-0.3, -0.25) is 9.69 Å². The molecule has 110 valence electrons. The Morgan fingerprint density at radius 3 is 2.40 bits per heavy atom. The van der Waals surface area contributed by atoms with Crippen LogP contribution in [0.1, 0.15) is 32.8 Å². The molecule has 0 heterocycles. The number of rotatable bonds is 7. The SMILES string of the molecule is CCC(C)N(CC)CC(=O)Nc1ccc(C(N)=S)cc1. The predicted octanol–water partition coefficient (Wildman–Crippen LogP) is 2.38. The van der Waals surface area contributed by atoms with Crippen LogP contribution < -0.4 is 11.1 Å². The lowest BCUT2D eigenvalue weighted by atomic mass is 10.2. The van der Waals surface area contributed by atoms with Crippen LogP contribution in [0.4, 0.5) is 5.69 Å². The van der Waals surface area contributed by atoms with Gasteiger partial charge in [0.15, 0.2) is 0 Å². The van der Waals surface area contributed by atoms with Crippen molar-refractivity contribution < 1.29 is 4.79 Å². The summed E-state index contributed by atoms with van der Waals surface area (Å²) in [7, 11) is 0. The molecule has 0 saturated heterocycles. The van der Waals surface area contributed by atoms with Gasteiger partial charge in [0.2, 0.25) is 5.91 Å². The molecule has 3 N–H and O–H groups in total. The molecule has 0 radical (unpaired) electrons. The van der Waals surface area contributed by atoms with Crippen LogP contribution >= 0.6 is 12.2 Å². The number of hydrogen-bond acceptors (Lipinski definition) is 3. The number of amides is 1. The number of benzene rings is 1. The van der Waals surface area contributed by atoms with E-state index in [-0.39, 0.29) is 5.91 Å². The van der Waals surface area contributed by atoms with Crippen molar-refractivity contribution >= 4 is 28.8 Å². The maximum atomic E-state index is 12.0. The summed E-state index contributed by atoms with van der Waals surface area (Å²) in [5, 5.41) is 2.89. The summed E-state index contributed by atoms with van der Waals surface area (Å²) >= 11 is 4.89. The molecule has 1 rings (SSSR count). The van der Waals surface area contributed by atoms with E-state index in [0.717, 1.165) is 24.2 Å². The van der Waals surface area contributed by atoms with E-state index in [9.17, 15) is 4.79 Å². The Labute approximate surface area is 126 Å². The number of anilines is 1. The van der Waals surface area contributed by atoms with Gasteiger partial charge in [-0.05, 0) is 44.2 Å². The van der Waals surface area contributed by atoms with E-state index in [4.69, 9.17) is 18.0 Å². The van der Waals surface area contributed by atoms with Crippen molar-refractivity contribution in [3.05, 3.63) is 29.8 Å². The summed E-state index contributed by atoms with van der Waals surface area (Å²) < 4.78 is 0. The van der Waals surface area contributed by atoms with Crippen LogP contribution in [0.5, 0.6) is 0 Å². The number of hydrogen-bond donors (Lipinski definition) is 2. The lowest BCUT2D eigenvalue weighted by Crippen LogP contribution is -2.39. The maximum absolute atomic E-state index is 12.0. The molecule has 1 aromatic rings. The zero-order chi connectivity index (χ0) is 15.1. The van der Waals surface area contributed by atoms with Crippen LogP contribution in [-0.4, -0.2) is 34.9 Å². The second-order valence-electron chi connectivity index (χ2n) is 4.81. The van der Waals surface area contributed by atoms with E-state index in [1.54, 1.807) is 0 Å². The third-order valence-corrected chi connectivity index (χ3v) is 3.66. The molecular formula is C15H23N3OS. The molecular weight excluding hydrogens is 270 g/mol. The molecule has 0 aromatic heterocycles. The molecule has 1 amide bonds. The van der Waals surface area contributed by atoms with E-state index >= 15 is 0 Å². The highest BCUT2D eigenvalue weighted by atomic mass is 32.1. The molecule has 5 heteroatoms. The fraction of sp³-hybridized carbons (Fsp3) is 0.467. The molecule has 1 unspecified atom stereocenters. The Morgan fingerprint density at radius 1 is 1.35 bits per heavy atom. The quantitative estimate of drug-likeness (QED) is 0.758. The predicted molar refractivity (Wildman–Crippen MR) is 88.0 cm³/mol. The smallest absolute Gasteiger partial charge is 0.238 e. The zero-order valence-electron chi connectivity index (χ0n) is 12.3.